The molecule has 0 saturated heterocycles. The Morgan fingerprint density at radius 1 is 1.50 bits per heavy atom. The van der Waals surface area contributed by atoms with E-state index >= 15 is 0 Å². The van der Waals surface area contributed by atoms with Gasteiger partial charge in [0.25, 0.3) is 0 Å². The Morgan fingerprint density at radius 3 is 2.80 bits per heavy atom. The first-order chi connectivity index (χ1) is 9.39. The molecule has 1 aliphatic heterocycles. The molecule has 0 aliphatic carbocycles. The molecular weight excluding hydrogens is 258 g/mol. The second-order valence-corrected chi connectivity index (χ2v) is 5.22. The van der Waals surface area contributed by atoms with Crippen LogP contribution in [0.1, 0.15) is 31.1 Å². The summed E-state index contributed by atoms with van der Waals surface area (Å²) in [6, 6.07) is 5.87. The molecule has 3 N–H and O–H groups in total. The van der Waals surface area contributed by atoms with Gasteiger partial charge in [0.2, 0.25) is 0 Å². The van der Waals surface area contributed by atoms with Crippen LogP contribution >= 0.6 is 0 Å². The van der Waals surface area contributed by atoms with Crippen LogP contribution in [0.5, 0.6) is 5.75 Å². The van der Waals surface area contributed by atoms with Gasteiger partial charge in [0.05, 0.1) is 17.7 Å². The third-order valence-electron chi connectivity index (χ3n) is 3.41. The molecule has 0 fully saturated rings. The van der Waals surface area contributed by atoms with Crippen LogP contribution in [-0.2, 0) is 0 Å². The van der Waals surface area contributed by atoms with Gasteiger partial charge in [-0.05, 0) is 32.0 Å². The number of aliphatic hydroxyl groups is 1. The smallest absolute Gasteiger partial charge is 0.314 e. The summed E-state index contributed by atoms with van der Waals surface area (Å²) in [6.07, 6.45) is -0.945. The lowest BCUT2D eigenvalue weighted by atomic mass is 9.85. The van der Waals surface area contributed by atoms with Gasteiger partial charge < -0.3 is 20.5 Å². The average molecular weight is 275 g/mol. The Kier molecular flexibility index (Phi) is 3.55. The van der Waals surface area contributed by atoms with Crippen LogP contribution in [0.4, 0.5) is 4.79 Å². The molecule has 2 atom stereocenters. The molecule has 6 nitrogen and oxygen atoms in total. The van der Waals surface area contributed by atoms with E-state index in [2.05, 4.69) is 10.6 Å². The van der Waals surface area contributed by atoms with Crippen LogP contribution in [0.2, 0.25) is 0 Å². The van der Waals surface area contributed by atoms with E-state index in [1.54, 1.807) is 32.0 Å². The molecule has 0 saturated carbocycles. The van der Waals surface area contributed by atoms with Crippen LogP contribution in [0.15, 0.2) is 18.2 Å². The molecule has 20 heavy (non-hydrogen) atoms. The fraction of sp³-hybridized carbons (Fsp3) is 0.429. The summed E-state index contributed by atoms with van der Waals surface area (Å²) in [5.41, 5.74) is 0.169. The maximum absolute atomic E-state index is 11.5. The lowest BCUT2D eigenvalue weighted by Gasteiger charge is -2.43. The SMILES string of the molecule is CNC(=O)NC1C(O)c2cc(C#N)ccc2OC1(C)C. The van der Waals surface area contributed by atoms with Gasteiger partial charge in [-0.25, -0.2) is 4.79 Å². The van der Waals surface area contributed by atoms with Crippen molar-refractivity contribution in [2.45, 2.75) is 31.6 Å². The number of carbonyl (C=O) groups is 1. The minimum atomic E-state index is -0.945. The van der Waals surface area contributed by atoms with E-state index in [0.29, 0.717) is 16.9 Å². The zero-order valence-electron chi connectivity index (χ0n) is 11.6. The number of ether oxygens (including phenoxy) is 1. The summed E-state index contributed by atoms with van der Waals surface area (Å²) < 4.78 is 5.84. The number of urea groups is 1. The number of rotatable bonds is 1. The lowest BCUT2D eigenvalue weighted by Crippen LogP contribution is -2.59. The summed E-state index contributed by atoms with van der Waals surface area (Å²) in [5.74, 6) is 0.524. The van der Waals surface area contributed by atoms with Gasteiger partial charge in [0.1, 0.15) is 17.5 Å². The average Bonchev–Trinajstić information content (AvgIpc) is 2.42. The zero-order chi connectivity index (χ0) is 14.9. The fourth-order valence-electron chi connectivity index (χ4n) is 2.31. The monoisotopic (exact) mass is 275 g/mol. The predicted molar refractivity (Wildman–Crippen MR) is 72.2 cm³/mol. The van der Waals surface area contributed by atoms with E-state index < -0.39 is 23.8 Å². The summed E-state index contributed by atoms with van der Waals surface area (Å²) in [7, 11) is 1.50. The molecule has 2 amide bonds. The maximum Gasteiger partial charge on any atom is 0.314 e. The minimum Gasteiger partial charge on any atom is -0.485 e. The van der Waals surface area contributed by atoms with Crippen molar-refractivity contribution in [3.8, 4) is 11.8 Å². The Balaban J connectivity index is 2.41. The third-order valence-corrected chi connectivity index (χ3v) is 3.41. The zero-order valence-corrected chi connectivity index (χ0v) is 11.6. The highest BCUT2D eigenvalue weighted by atomic mass is 16.5. The summed E-state index contributed by atoms with van der Waals surface area (Å²) in [4.78, 5) is 11.5. The number of benzene rings is 1. The van der Waals surface area contributed by atoms with Crippen LogP contribution in [0, 0.1) is 11.3 Å². The first kappa shape index (κ1) is 14.2. The molecule has 6 heteroatoms. The molecule has 0 spiro atoms. The topological polar surface area (TPSA) is 94.4 Å². The molecule has 0 bridgehead atoms. The number of hydrogen-bond donors (Lipinski definition) is 3. The van der Waals surface area contributed by atoms with E-state index in [1.165, 1.54) is 7.05 Å². The molecule has 1 aliphatic rings. The minimum absolute atomic E-state index is 0.398. The Morgan fingerprint density at radius 2 is 2.20 bits per heavy atom. The number of hydrogen-bond acceptors (Lipinski definition) is 4. The Hall–Kier alpha value is -2.26. The number of aliphatic hydroxyl groups excluding tert-OH is 1. The van der Waals surface area contributed by atoms with Gasteiger partial charge >= 0.3 is 6.03 Å². The van der Waals surface area contributed by atoms with Crippen molar-refractivity contribution >= 4 is 6.03 Å². The van der Waals surface area contributed by atoms with Gasteiger partial charge in [0.15, 0.2) is 0 Å². The largest absolute Gasteiger partial charge is 0.485 e. The van der Waals surface area contributed by atoms with Crippen LogP contribution in [-0.4, -0.2) is 29.8 Å². The molecule has 2 unspecified atom stereocenters. The van der Waals surface area contributed by atoms with E-state index in [9.17, 15) is 9.90 Å². The van der Waals surface area contributed by atoms with Crippen LogP contribution in [0.3, 0.4) is 0 Å². The number of fused-ring (bicyclic) bond motifs is 1. The van der Waals surface area contributed by atoms with Gasteiger partial charge in [-0.2, -0.15) is 5.26 Å². The van der Waals surface area contributed by atoms with E-state index in [0.717, 1.165) is 0 Å². The van der Waals surface area contributed by atoms with Gasteiger partial charge in [-0.3, -0.25) is 0 Å². The van der Waals surface area contributed by atoms with Crippen molar-refractivity contribution in [1.82, 2.24) is 10.6 Å². The number of nitrogens with one attached hydrogen (secondary N) is 2. The van der Waals surface area contributed by atoms with Gasteiger partial charge in [0, 0.05) is 12.6 Å². The molecule has 0 aromatic heterocycles. The lowest BCUT2D eigenvalue weighted by molar-refractivity contribution is -0.0228. The van der Waals surface area contributed by atoms with Crippen molar-refractivity contribution < 1.29 is 14.6 Å². The summed E-state index contributed by atoms with van der Waals surface area (Å²) >= 11 is 0. The number of nitrogens with zero attached hydrogens (tertiary/aromatic N) is 1. The fourth-order valence-corrected chi connectivity index (χ4v) is 2.31. The quantitative estimate of drug-likeness (QED) is 0.714. The van der Waals surface area contributed by atoms with Crippen molar-refractivity contribution in [1.29, 1.82) is 5.26 Å². The van der Waals surface area contributed by atoms with E-state index in [4.69, 9.17) is 10.00 Å². The maximum atomic E-state index is 11.5. The van der Waals surface area contributed by atoms with E-state index in [1.807, 2.05) is 6.07 Å². The normalized spacial score (nSPS) is 22.9. The predicted octanol–water partition coefficient (Wildman–Crippen LogP) is 1.06. The highest BCUT2D eigenvalue weighted by molar-refractivity contribution is 5.74. The molecule has 2 rings (SSSR count). The van der Waals surface area contributed by atoms with Crippen molar-refractivity contribution in [2.24, 2.45) is 0 Å². The number of carbonyl (C=O) groups excluding carboxylic acids is 1. The molecular formula is C14H17N3O3. The van der Waals surface area contributed by atoms with Crippen molar-refractivity contribution in [3.05, 3.63) is 29.3 Å². The third kappa shape index (κ3) is 2.40. The van der Waals surface area contributed by atoms with Crippen molar-refractivity contribution in [3.63, 3.8) is 0 Å². The Labute approximate surface area is 117 Å². The first-order valence-electron chi connectivity index (χ1n) is 6.28. The summed E-state index contributed by atoms with van der Waals surface area (Å²) in [6.45, 7) is 3.58. The van der Waals surface area contributed by atoms with Crippen LogP contribution in [0.25, 0.3) is 0 Å². The molecule has 1 aromatic carbocycles. The van der Waals surface area contributed by atoms with E-state index in [-0.39, 0.29) is 0 Å². The molecule has 0 radical (unpaired) electrons. The first-order valence-corrected chi connectivity index (χ1v) is 6.28. The highest BCUT2D eigenvalue weighted by Gasteiger charge is 2.44. The molecule has 1 heterocycles. The summed E-state index contributed by atoms with van der Waals surface area (Å²) in [5, 5.41) is 24.5. The molecule has 106 valence electrons. The Bertz CT molecular complexity index is 578. The number of amides is 2. The highest BCUT2D eigenvalue weighted by Crippen LogP contribution is 2.40. The second kappa shape index (κ2) is 5.02. The standard InChI is InChI=1S/C14H17N3O3/c1-14(2)12(17-13(19)16-3)11(18)9-6-8(7-15)4-5-10(9)20-14/h4-6,11-12,18H,1-3H3,(H2,16,17,19). The van der Waals surface area contributed by atoms with Crippen LogP contribution < -0.4 is 15.4 Å². The second-order valence-electron chi connectivity index (χ2n) is 5.22. The van der Waals surface area contributed by atoms with Gasteiger partial charge in [-0.1, -0.05) is 0 Å². The van der Waals surface area contributed by atoms with Gasteiger partial charge in [-0.15, -0.1) is 0 Å². The molecule has 1 aromatic rings. The van der Waals surface area contributed by atoms with Crippen molar-refractivity contribution in [2.75, 3.05) is 7.05 Å². The number of nitriles is 1.